The van der Waals surface area contributed by atoms with E-state index in [1.807, 2.05) is 36.7 Å². The molecule has 1 aromatic carbocycles. The number of ether oxygens (including phenoxy) is 1. The van der Waals surface area contributed by atoms with Crippen molar-refractivity contribution in [1.82, 2.24) is 14.3 Å². The number of fused-ring (bicyclic) bond motifs is 1. The Morgan fingerprint density at radius 1 is 1.41 bits per heavy atom. The van der Waals surface area contributed by atoms with Crippen LogP contribution in [0.15, 0.2) is 35.5 Å². The molecule has 0 atom stereocenters. The minimum absolute atomic E-state index is 0.291. The Hall–Kier alpha value is -2.41. The molecule has 22 heavy (non-hydrogen) atoms. The third-order valence-corrected chi connectivity index (χ3v) is 4.53. The van der Waals surface area contributed by atoms with Crippen molar-refractivity contribution >= 4 is 27.5 Å². The summed E-state index contributed by atoms with van der Waals surface area (Å²) in [5.41, 5.74) is 1.43. The first kappa shape index (κ1) is 14.5. The van der Waals surface area contributed by atoms with Crippen LogP contribution in [0.4, 0.5) is 0 Å². The number of rotatable bonds is 3. The fourth-order valence-electron chi connectivity index (χ4n) is 2.35. The zero-order valence-corrected chi connectivity index (χ0v) is 13.4. The Morgan fingerprint density at radius 2 is 2.23 bits per heavy atom. The fourth-order valence-corrected chi connectivity index (χ4v) is 3.38. The van der Waals surface area contributed by atoms with Crippen molar-refractivity contribution in [2.45, 2.75) is 13.5 Å². The fraction of sp³-hybridized carbons (Fsp3) is 0.267. The molecule has 0 N–H and O–H groups in total. The molecule has 3 rings (SSSR count). The summed E-state index contributed by atoms with van der Waals surface area (Å²) in [4.78, 5) is 17.3. The highest BCUT2D eigenvalue weighted by Gasteiger charge is 2.12. The monoisotopic (exact) mass is 316 g/mol. The first-order valence-electron chi connectivity index (χ1n) is 6.89. The maximum atomic E-state index is 12.4. The highest BCUT2D eigenvalue weighted by molar-refractivity contribution is 7.16. The number of carbonyl (C=O) groups is 1. The summed E-state index contributed by atoms with van der Waals surface area (Å²) in [6.07, 6.45) is 1.61. The van der Waals surface area contributed by atoms with E-state index in [1.54, 1.807) is 24.1 Å². The van der Waals surface area contributed by atoms with Crippen molar-refractivity contribution in [2.75, 3.05) is 7.11 Å². The minimum Gasteiger partial charge on any atom is -0.495 e. The van der Waals surface area contributed by atoms with Gasteiger partial charge in [0.1, 0.15) is 17.0 Å². The number of amides is 1. The topological polar surface area (TPSA) is 61.4 Å². The number of benzene rings is 1. The molecule has 1 amide bonds. The average molecular weight is 316 g/mol. The predicted molar refractivity (Wildman–Crippen MR) is 85.1 cm³/mol. The number of aryl methyl sites for hydroxylation is 2. The number of methoxy groups -OCH3 is 1. The molecule has 0 aliphatic rings. The van der Waals surface area contributed by atoms with Crippen LogP contribution in [0, 0.1) is 0 Å². The van der Waals surface area contributed by atoms with Gasteiger partial charge in [-0.2, -0.15) is 10.1 Å². The van der Waals surface area contributed by atoms with E-state index in [0.29, 0.717) is 17.0 Å². The maximum absolute atomic E-state index is 12.4. The zero-order valence-electron chi connectivity index (χ0n) is 12.6. The van der Waals surface area contributed by atoms with Crippen molar-refractivity contribution < 1.29 is 9.53 Å². The molecule has 0 aliphatic heterocycles. The quantitative estimate of drug-likeness (QED) is 0.744. The molecule has 3 aromatic rings. The van der Waals surface area contributed by atoms with Crippen LogP contribution in [0.2, 0.25) is 0 Å². The van der Waals surface area contributed by atoms with Crippen LogP contribution in [-0.2, 0) is 13.6 Å². The maximum Gasteiger partial charge on any atom is 0.297 e. The van der Waals surface area contributed by atoms with Crippen molar-refractivity contribution in [2.24, 2.45) is 12.0 Å². The van der Waals surface area contributed by atoms with Gasteiger partial charge in [-0.15, -0.1) is 0 Å². The molecule has 0 saturated heterocycles. The van der Waals surface area contributed by atoms with Crippen LogP contribution < -0.4 is 9.54 Å². The molecule has 2 aromatic heterocycles. The molecule has 0 fully saturated rings. The Balaban J connectivity index is 2.14. The second-order valence-electron chi connectivity index (χ2n) is 4.70. The third kappa shape index (κ3) is 2.33. The molecule has 0 unspecified atom stereocenters. The molecule has 0 aliphatic carbocycles. The molecular formula is C15H16N4O2S. The van der Waals surface area contributed by atoms with Crippen molar-refractivity contribution in [3.63, 3.8) is 0 Å². The van der Waals surface area contributed by atoms with Gasteiger partial charge in [0.15, 0.2) is 4.80 Å². The summed E-state index contributed by atoms with van der Waals surface area (Å²) in [6, 6.07) is 7.49. The number of aromatic nitrogens is 3. The third-order valence-electron chi connectivity index (χ3n) is 3.44. The molecular weight excluding hydrogens is 300 g/mol. The lowest BCUT2D eigenvalue weighted by Crippen LogP contribution is -2.15. The van der Waals surface area contributed by atoms with E-state index in [4.69, 9.17) is 4.74 Å². The Kier molecular flexibility index (Phi) is 3.81. The number of hydrogen-bond donors (Lipinski definition) is 0. The SMILES string of the molecule is CCn1nccc1C(=O)N=c1sc2cccc(OC)c2n1C. The van der Waals surface area contributed by atoms with Gasteiger partial charge in [-0.05, 0) is 25.1 Å². The second kappa shape index (κ2) is 5.76. The summed E-state index contributed by atoms with van der Waals surface area (Å²) in [5, 5.41) is 4.10. The molecule has 6 nitrogen and oxygen atoms in total. The predicted octanol–water partition coefficient (Wildman–Crippen LogP) is 2.21. The van der Waals surface area contributed by atoms with Crippen LogP contribution in [0.5, 0.6) is 5.75 Å². The van der Waals surface area contributed by atoms with Crippen LogP contribution in [0.3, 0.4) is 0 Å². The normalized spacial score (nSPS) is 12.0. The van der Waals surface area contributed by atoms with Crippen LogP contribution in [0.25, 0.3) is 10.2 Å². The number of para-hydroxylation sites is 1. The van der Waals surface area contributed by atoms with Gasteiger partial charge in [-0.25, -0.2) is 0 Å². The number of thiazole rings is 1. The van der Waals surface area contributed by atoms with Gasteiger partial charge in [0.2, 0.25) is 0 Å². The first-order valence-corrected chi connectivity index (χ1v) is 7.70. The van der Waals surface area contributed by atoms with Gasteiger partial charge in [-0.1, -0.05) is 17.4 Å². The molecule has 2 heterocycles. The van der Waals surface area contributed by atoms with Gasteiger partial charge >= 0.3 is 0 Å². The zero-order chi connectivity index (χ0) is 15.7. The van der Waals surface area contributed by atoms with Gasteiger partial charge in [0.25, 0.3) is 5.91 Å². The van der Waals surface area contributed by atoms with Gasteiger partial charge in [0, 0.05) is 19.8 Å². The Bertz CT molecular complexity index is 904. The van der Waals surface area contributed by atoms with E-state index >= 15 is 0 Å². The largest absolute Gasteiger partial charge is 0.495 e. The molecule has 0 radical (unpaired) electrons. The lowest BCUT2D eigenvalue weighted by Gasteiger charge is -2.03. The van der Waals surface area contributed by atoms with E-state index in [9.17, 15) is 4.79 Å². The molecule has 0 saturated carbocycles. The lowest BCUT2D eigenvalue weighted by atomic mass is 10.3. The van der Waals surface area contributed by atoms with Gasteiger partial charge in [-0.3, -0.25) is 9.48 Å². The Labute approximate surface area is 131 Å². The van der Waals surface area contributed by atoms with E-state index in [2.05, 4.69) is 10.1 Å². The highest BCUT2D eigenvalue weighted by atomic mass is 32.1. The van der Waals surface area contributed by atoms with E-state index < -0.39 is 0 Å². The minimum atomic E-state index is -0.291. The molecule has 114 valence electrons. The first-order chi connectivity index (χ1) is 10.7. The summed E-state index contributed by atoms with van der Waals surface area (Å²) >= 11 is 1.46. The summed E-state index contributed by atoms with van der Waals surface area (Å²) in [7, 11) is 3.51. The number of carbonyl (C=O) groups excluding carboxylic acids is 1. The number of hydrogen-bond acceptors (Lipinski definition) is 4. The van der Waals surface area contributed by atoms with Crippen LogP contribution >= 0.6 is 11.3 Å². The highest BCUT2D eigenvalue weighted by Crippen LogP contribution is 2.26. The molecule has 0 bridgehead atoms. The van der Waals surface area contributed by atoms with Crippen LogP contribution in [-0.4, -0.2) is 27.4 Å². The van der Waals surface area contributed by atoms with Crippen molar-refractivity contribution in [3.05, 3.63) is 41.0 Å². The molecule has 0 spiro atoms. The van der Waals surface area contributed by atoms with E-state index in [1.165, 1.54) is 11.3 Å². The summed E-state index contributed by atoms with van der Waals surface area (Å²) in [5.74, 6) is 0.476. The molecule has 7 heteroatoms. The van der Waals surface area contributed by atoms with Gasteiger partial charge in [0.05, 0.1) is 11.8 Å². The van der Waals surface area contributed by atoms with Crippen LogP contribution in [0.1, 0.15) is 17.4 Å². The van der Waals surface area contributed by atoms with E-state index in [0.717, 1.165) is 16.0 Å². The average Bonchev–Trinajstić information content (AvgIpc) is 3.12. The smallest absolute Gasteiger partial charge is 0.297 e. The van der Waals surface area contributed by atoms with Gasteiger partial charge < -0.3 is 9.30 Å². The Morgan fingerprint density at radius 3 is 2.95 bits per heavy atom. The number of nitrogens with zero attached hydrogens (tertiary/aromatic N) is 4. The summed E-state index contributed by atoms with van der Waals surface area (Å²) < 4.78 is 9.92. The summed E-state index contributed by atoms with van der Waals surface area (Å²) in [6.45, 7) is 2.57. The second-order valence-corrected chi connectivity index (χ2v) is 5.71. The van der Waals surface area contributed by atoms with Crippen molar-refractivity contribution in [1.29, 1.82) is 0 Å². The van der Waals surface area contributed by atoms with Crippen molar-refractivity contribution in [3.8, 4) is 5.75 Å². The lowest BCUT2D eigenvalue weighted by molar-refractivity contribution is 0.0988. The standard InChI is InChI=1S/C15H16N4O2S/c1-4-19-10(8-9-16-19)14(20)17-15-18(2)13-11(21-3)6-5-7-12(13)22-15/h5-9H,4H2,1-3H3. The van der Waals surface area contributed by atoms with E-state index in [-0.39, 0.29) is 5.91 Å².